The number of hydrogen-bond donors (Lipinski definition) is 0. The summed E-state index contributed by atoms with van der Waals surface area (Å²) in [5, 5.41) is 0. The summed E-state index contributed by atoms with van der Waals surface area (Å²) in [6.07, 6.45) is 8.92. The summed E-state index contributed by atoms with van der Waals surface area (Å²) < 4.78 is 0. The highest BCUT2D eigenvalue weighted by molar-refractivity contribution is 5.30. The van der Waals surface area contributed by atoms with Gasteiger partial charge in [0, 0.05) is 18.3 Å². The van der Waals surface area contributed by atoms with Gasteiger partial charge in [-0.25, -0.2) is 0 Å². The molecule has 0 N–H and O–H groups in total. The Bertz CT molecular complexity index is 396. The van der Waals surface area contributed by atoms with E-state index < -0.39 is 0 Å². The van der Waals surface area contributed by atoms with E-state index in [2.05, 4.69) is 48.3 Å². The zero-order valence-corrected chi connectivity index (χ0v) is 11.0. The molecule has 1 nitrogen and oxygen atoms in total. The Morgan fingerprint density at radius 1 is 0.944 bits per heavy atom. The lowest BCUT2D eigenvalue weighted by Gasteiger charge is -2.17. The molecular formula is C17H21N. The standard InChI is InChI=1S/C17H21N/c1-2-3-5-12-17(15-9-6-4-7-10-15)16-11-8-13-18-14-16/h4,6-11,13-14,17H,2-3,5,12H2,1H3. The van der Waals surface area contributed by atoms with Crippen LogP contribution in [-0.4, -0.2) is 4.98 Å². The first-order valence-corrected chi connectivity index (χ1v) is 6.86. The third-order valence-corrected chi connectivity index (χ3v) is 3.39. The first-order valence-electron chi connectivity index (χ1n) is 6.86. The minimum absolute atomic E-state index is 0.492. The maximum Gasteiger partial charge on any atom is 0.0306 e. The molecule has 2 rings (SSSR count). The molecule has 0 amide bonds. The molecule has 0 aliphatic rings. The van der Waals surface area contributed by atoms with Crippen LogP contribution in [-0.2, 0) is 0 Å². The Labute approximate surface area is 110 Å². The molecule has 0 saturated carbocycles. The van der Waals surface area contributed by atoms with Gasteiger partial charge in [-0.15, -0.1) is 0 Å². The molecule has 0 radical (unpaired) electrons. The van der Waals surface area contributed by atoms with E-state index in [1.165, 1.54) is 36.8 Å². The van der Waals surface area contributed by atoms with Crippen LogP contribution in [0.15, 0.2) is 54.9 Å². The van der Waals surface area contributed by atoms with E-state index in [9.17, 15) is 0 Å². The minimum atomic E-state index is 0.492. The maximum absolute atomic E-state index is 4.26. The largest absolute Gasteiger partial charge is 0.264 e. The molecule has 1 atom stereocenters. The zero-order valence-electron chi connectivity index (χ0n) is 11.0. The van der Waals surface area contributed by atoms with E-state index in [1.54, 1.807) is 0 Å². The van der Waals surface area contributed by atoms with Crippen molar-refractivity contribution in [2.45, 2.75) is 38.5 Å². The van der Waals surface area contributed by atoms with Crippen LogP contribution in [0.1, 0.15) is 49.7 Å². The summed E-state index contributed by atoms with van der Waals surface area (Å²) >= 11 is 0. The van der Waals surface area contributed by atoms with Crippen molar-refractivity contribution in [1.82, 2.24) is 4.98 Å². The van der Waals surface area contributed by atoms with Crippen molar-refractivity contribution in [1.29, 1.82) is 0 Å². The van der Waals surface area contributed by atoms with Crippen LogP contribution in [0.2, 0.25) is 0 Å². The zero-order chi connectivity index (χ0) is 12.6. The normalized spacial score (nSPS) is 12.3. The molecule has 2 aromatic rings. The maximum atomic E-state index is 4.26. The van der Waals surface area contributed by atoms with E-state index in [-0.39, 0.29) is 0 Å². The number of unbranched alkanes of at least 4 members (excludes halogenated alkanes) is 2. The van der Waals surface area contributed by atoms with Crippen LogP contribution in [0.5, 0.6) is 0 Å². The van der Waals surface area contributed by atoms with Crippen molar-refractivity contribution in [3.8, 4) is 0 Å². The fraction of sp³-hybridized carbons (Fsp3) is 0.353. The lowest BCUT2D eigenvalue weighted by atomic mass is 9.88. The molecule has 0 aliphatic carbocycles. The minimum Gasteiger partial charge on any atom is -0.264 e. The predicted molar refractivity (Wildman–Crippen MR) is 76.7 cm³/mol. The molecule has 0 saturated heterocycles. The summed E-state index contributed by atoms with van der Waals surface area (Å²) in [5.74, 6) is 0.492. The number of aromatic nitrogens is 1. The van der Waals surface area contributed by atoms with Crippen LogP contribution in [0.3, 0.4) is 0 Å². The summed E-state index contributed by atoms with van der Waals surface area (Å²) in [7, 11) is 0. The molecule has 0 spiro atoms. The van der Waals surface area contributed by atoms with Gasteiger partial charge in [-0.3, -0.25) is 4.98 Å². The molecular weight excluding hydrogens is 218 g/mol. The average Bonchev–Trinajstić information content (AvgIpc) is 2.46. The molecule has 0 aliphatic heterocycles. The van der Waals surface area contributed by atoms with Crippen molar-refractivity contribution >= 4 is 0 Å². The first kappa shape index (κ1) is 12.8. The molecule has 1 aromatic carbocycles. The van der Waals surface area contributed by atoms with Gasteiger partial charge in [0.05, 0.1) is 0 Å². The molecule has 1 heterocycles. The fourth-order valence-electron chi connectivity index (χ4n) is 2.39. The lowest BCUT2D eigenvalue weighted by Crippen LogP contribution is -2.01. The molecule has 1 heteroatoms. The van der Waals surface area contributed by atoms with Crippen LogP contribution in [0.4, 0.5) is 0 Å². The second-order valence-electron chi connectivity index (χ2n) is 4.75. The third-order valence-electron chi connectivity index (χ3n) is 3.39. The quantitative estimate of drug-likeness (QED) is 0.660. The van der Waals surface area contributed by atoms with E-state index in [0.29, 0.717) is 5.92 Å². The smallest absolute Gasteiger partial charge is 0.0306 e. The highest BCUT2D eigenvalue weighted by Gasteiger charge is 2.13. The van der Waals surface area contributed by atoms with Crippen molar-refractivity contribution < 1.29 is 0 Å². The Kier molecular flexibility index (Phi) is 4.95. The lowest BCUT2D eigenvalue weighted by molar-refractivity contribution is 0.617. The Morgan fingerprint density at radius 2 is 1.72 bits per heavy atom. The molecule has 0 fully saturated rings. The SMILES string of the molecule is CCCCCC(c1ccccc1)c1cccnc1. The van der Waals surface area contributed by atoms with Crippen molar-refractivity contribution in [3.05, 3.63) is 66.0 Å². The topological polar surface area (TPSA) is 12.9 Å². The van der Waals surface area contributed by atoms with E-state index in [1.807, 2.05) is 18.5 Å². The third kappa shape index (κ3) is 3.43. The van der Waals surface area contributed by atoms with Gasteiger partial charge < -0.3 is 0 Å². The van der Waals surface area contributed by atoms with Gasteiger partial charge in [0.2, 0.25) is 0 Å². The van der Waals surface area contributed by atoms with E-state index in [0.717, 1.165) is 0 Å². The summed E-state index contributed by atoms with van der Waals surface area (Å²) in [4.78, 5) is 4.26. The average molecular weight is 239 g/mol. The van der Waals surface area contributed by atoms with Crippen LogP contribution >= 0.6 is 0 Å². The molecule has 1 unspecified atom stereocenters. The number of rotatable bonds is 6. The fourth-order valence-corrected chi connectivity index (χ4v) is 2.39. The van der Waals surface area contributed by atoms with E-state index in [4.69, 9.17) is 0 Å². The van der Waals surface area contributed by atoms with Gasteiger partial charge in [-0.2, -0.15) is 0 Å². The highest BCUT2D eigenvalue weighted by Crippen LogP contribution is 2.29. The Hall–Kier alpha value is -1.63. The molecule has 18 heavy (non-hydrogen) atoms. The second-order valence-corrected chi connectivity index (χ2v) is 4.75. The highest BCUT2D eigenvalue weighted by atomic mass is 14.6. The van der Waals surface area contributed by atoms with Crippen molar-refractivity contribution in [2.24, 2.45) is 0 Å². The van der Waals surface area contributed by atoms with Gasteiger partial charge >= 0.3 is 0 Å². The number of benzene rings is 1. The number of hydrogen-bond acceptors (Lipinski definition) is 1. The van der Waals surface area contributed by atoms with Crippen LogP contribution in [0.25, 0.3) is 0 Å². The van der Waals surface area contributed by atoms with Crippen LogP contribution < -0.4 is 0 Å². The van der Waals surface area contributed by atoms with Gasteiger partial charge in [-0.05, 0) is 23.6 Å². The van der Waals surface area contributed by atoms with E-state index >= 15 is 0 Å². The van der Waals surface area contributed by atoms with Crippen molar-refractivity contribution in [2.75, 3.05) is 0 Å². The monoisotopic (exact) mass is 239 g/mol. The summed E-state index contributed by atoms with van der Waals surface area (Å²) in [6.45, 7) is 2.25. The predicted octanol–water partition coefficient (Wildman–Crippen LogP) is 4.79. The van der Waals surface area contributed by atoms with Crippen molar-refractivity contribution in [3.63, 3.8) is 0 Å². The molecule has 1 aromatic heterocycles. The second kappa shape index (κ2) is 6.95. The van der Waals surface area contributed by atoms with Gasteiger partial charge in [0.15, 0.2) is 0 Å². The van der Waals surface area contributed by atoms with Crippen LogP contribution in [0, 0.1) is 0 Å². The van der Waals surface area contributed by atoms with Gasteiger partial charge in [0.1, 0.15) is 0 Å². The first-order chi connectivity index (χ1) is 8.92. The number of pyridine rings is 1. The molecule has 94 valence electrons. The van der Waals surface area contributed by atoms with Gasteiger partial charge in [-0.1, -0.05) is 62.6 Å². The summed E-state index contributed by atoms with van der Waals surface area (Å²) in [5.41, 5.74) is 2.74. The van der Waals surface area contributed by atoms with Gasteiger partial charge in [0.25, 0.3) is 0 Å². The Morgan fingerprint density at radius 3 is 2.39 bits per heavy atom. The number of nitrogens with zero attached hydrogens (tertiary/aromatic N) is 1. The summed E-state index contributed by atoms with van der Waals surface area (Å²) in [6, 6.07) is 15.0. The molecule has 0 bridgehead atoms. The Balaban J connectivity index is 2.18.